The number of amides is 1. The van der Waals surface area contributed by atoms with Crippen LogP contribution in [-0.4, -0.2) is 18.2 Å². The lowest BCUT2D eigenvalue weighted by molar-refractivity contribution is 0.187. The Kier molecular flexibility index (Phi) is 3.47. The highest BCUT2D eigenvalue weighted by molar-refractivity contribution is 14.1. The highest BCUT2D eigenvalue weighted by Crippen LogP contribution is 2.12. The number of carbonyl (C=O) groups excluding carboxylic acids is 1. The number of nitrogens with one attached hydrogen (secondary N) is 1. The van der Waals surface area contributed by atoms with Gasteiger partial charge in [0.1, 0.15) is 5.82 Å². The lowest BCUT2D eigenvalue weighted by Gasteiger charge is -2.04. The Morgan fingerprint density at radius 3 is 2.85 bits per heavy atom. The molecule has 0 aliphatic rings. The Morgan fingerprint density at radius 2 is 2.31 bits per heavy atom. The molecule has 70 valence electrons. The van der Waals surface area contributed by atoms with E-state index in [9.17, 15) is 4.79 Å². The minimum absolute atomic E-state index is 0.504. The molecule has 0 aromatic carbocycles. The minimum atomic E-state index is -0.506. The number of nitrogens with zero attached hydrogens (tertiary/aromatic N) is 1. The fourth-order valence-electron chi connectivity index (χ4n) is 0.769. The first-order chi connectivity index (χ1) is 6.13. The van der Waals surface area contributed by atoms with Crippen molar-refractivity contribution in [2.75, 3.05) is 12.4 Å². The quantitative estimate of drug-likeness (QED) is 0.807. The molecule has 0 atom stereocenters. The van der Waals surface area contributed by atoms with Gasteiger partial charge in [0.25, 0.3) is 0 Å². The van der Waals surface area contributed by atoms with Crippen molar-refractivity contribution in [3.05, 3.63) is 21.4 Å². The first kappa shape index (κ1) is 10.2. The molecule has 0 fully saturated rings. The molecule has 0 aliphatic heterocycles. The first-order valence-corrected chi connectivity index (χ1v) is 4.69. The van der Waals surface area contributed by atoms with Gasteiger partial charge in [-0.3, -0.25) is 5.32 Å². The third-order valence-corrected chi connectivity index (χ3v) is 2.58. The molecule has 1 rings (SSSR count). The molecule has 0 bridgehead atoms. The van der Waals surface area contributed by atoms with E-state index in [1.54, 1.807) is 6.07 Å². The van der Waals surface area contributed by atoms with Gasteiger partial charge in [-0.15, -0.1) is 0 Å². The van der Waals surface area contributed by atoms with E-state index >= 15 is 0 Å². The molecule has 0 radical (unpaired) electrons. The van der Waals surface area contributed by atoms with Gasteiger partial charge >= 0.3 is 6.09 Å². The average molecular weight is 292 g/mol. The Bertz CT molecular complexity index is 328. The number of methoxy groups -OCH3 is 1. The molecule has 0 unspecified atom stereocenters. The zero-order valence-electron chi connectivity index (χ0n) is 7.30. The van der Waals surface area contributed by atoms with Crippen LogP contribution in [0.25, 0.3) is 0 Å². The lowest BCUT2D eigenvalue weighted by atomic mass is 10.4. The number of pyridine rings is 1. The van der Waals surface area contributed by atoms with E-state index in [1.807, 2.05) is 13.0 Å². The summed E-state index contributed by atoms with van der Waals surface area (Å²) in [7, 11) is 1.31. The fourth-order valence-corrected chi connectivity index (χ4v) is 1.07. The molecule has 1 aromatic heterocycles. The van der Waals surface area contributed by atoms with Crippen LogP contribution in [-0.2, 0) is 4.74 Å². The van der Waals surface area contributed by atoms with Crippen LogP contribution in [0.2, 0.25) is 0 Å². The number of hydrogen-bond donors (Lipinski definition) is 1. The van der Waals surface area contributed by atoms with Crippen molar-refractivity contribution in [1.29, 1.82) is 0 Å². The molecule has 0 saturated heterocycles. The molecule has 0 saturated carbocycles. The van der Waals surface area contributed by atoms with E-state index in [0.29, 0.717) is 5.82 Å². The number of rotatable bonds is 1. The van der Waals surface area contributed by atoms with Crippen LogP contribution >= 0.6 is 22.6 Å². The van der Waals surface area contributed by atoms with E-state index in [1.165, 1.54) is 7.11 Å². The maximum Gasteiger partial charge on any atom is 0.412 e. The highest BCUT2D eigenvalue weighted by Gasteiger charge is 2.02. The minimum Gasteiger partial charge on any atom is -0.453 e. The van der Waals surface area contributed by atoms with E-state index in [-0.39, 0.29) is 0 Å². The summed E-state index contributed by atoms with van der Waals surface area (Å²) in [6, 6.07) is 3.61. The number of halogens is 1. The highest BCUT2D eigenvalue weighted by atomic mass is 127. The van der Waals surface area contributed by atoms with Gasteiger partial charge in [0.15, 0.2) is 0 Å². The summed E-state index contributed by atoms with van der Waals surface area (Å²) in [5.41, 5.74) is 0.884. The Balaban J connectivity index is 2.79. The Hall–Kier alpha value is -0.850. The summed E-state index contributed by atoms with van der Waals surface area (Å²) in [5, 5.41) is 2.48. The standard InChI is InChI=1S/C8H9IN2O2/c1-5-6(9)3-4-7(10-5)11-8(12)13-2/h3-4H,1-2H3,(H,10,11,12). The molecule has 1 amide bonds. The van der Waals surface area contributed by atoms with E-state index in [4.69, 9.17) is 0 Å². The lowest BCUT2D eigenvalue weighted by Crippen LogP contribution is -2.12. The molecule has 0 aliphatic carbocycles. The fraction of sp³-hybridized carbons (Fsp3) is 0.250. The number of aryl methyl sites for hydroxylation is 1. The van der Waals surface area contributed by atoms with Gasteiger partial charge in [-0.05, 0) is 41.6 Å². The molecule has 4 nitrogen and oxygen atoms in total. The van der Waals surface area contributed by atoms with Crippen molar-refractivity contribution in [2.45, 2.75) is 6.92 Å². The maximum absolute atomic E-state index is 10.8. The number of anilines is 1. The van der Waals surface area contributed by atoms with E-state index in [2.05, 4.69) is 37.6 Å². The molecule has 0 spiro atoms. The van der Waals surface area contributed by atoms with Gasteiger partial charge in [0.05, 0.1) is 12.8 Å². The van der Waals surface area contributed by atoms with Gasteiger partial charge < -0.3 is 4.74 Å². The zero-order chi connectivity index (χ0) is 9.84. The summed E-state index contributed by atoms with van der Waals surface area (Å²) in [4.78, 5) is 14.9. The van der Waals surface area contributed by atoms with E-state index < -0.39 is 6.09 Å². The van der Waals surface area contributed by atoms with Crippen LogP contribution < -0.4 is 5.32 Å². The molecule has 1 heterocycles. The summed E-state index contributed by atoms with van der Waals surface area (Å²) >= 11 is 2.18. The molecular weight excluding hydrogens is 283 g/mol. The smallest absolute Gasteiger partial charge is 0.412 e. The maximum atomic E-state index is 10.8. The molecule has 1 N–H and O–H groups in total. The normalized spacial score (nSPS) is 9.46. The monoisotopic (exact) mass is 292 g/mol. The van der Waals surface area contributed by atoms with Gasteiger partial charge in [-0.25, -0.2) is 9.78 Å². The number of ether oxygens (including phenoxy) is 1. The van der Waals surface area contributed by atoms with Crippen LogP contribution in [0.3, 0.4) is 0 Å². The summed E-state index contributed by atoms with van der Waals surface area (Å²) in [6.07, 6.45) is -0.506. The van der Waals surface area contributed by atoms with Crippen LogP contribution in [0.5, 0.6) is 0 Å². The van der Waals surface area contributed by atoms with Gasteiger partial charge in [-0.1, -0.05) is 0 Å². The Morgan fingerprint density at radius 1 is 1.62 bits per heavy atom. The summed E-state index contributed by atoms with van der Waals surface area (Å²) in [5.74, 6) is 0.504. The zero-order valence-corrected chi connectivity index (χ0v) is 9.45. The molecule has 5 heteroatoms. The molecule has 1 aromatic rings. The first-order valence-electron chi connectivity index (χ1n) is 3.61. The number of carbonyl (C=O) groups is 1. The largest absolute Gasteiger partial charge is 0.453 e. The van der Waals surface area contributed by atoms with Crippen molar-refractivity contribution in [3.63, 3.8) is 0 Å². The van der Waals surface area contributed by atoms with Crippen LogP contribution in [0.1, 0.15) is 5.69 Å². The third-order valence-electron chi connectivity index (χ3n) is 1.44. The topological polar surface area (TPSA) is 51.2 Å². The molecule has 13 heavy (non-hydrogen) atoms. The predicted molar refractivity (Wildman–Crippen MR) is 57.7 cm³/mol. The second kappa shape index (κ2) is 4.40. The SMILES string of the molecule is COC(=O)Nc1ccc(I)c(C)n1. The van der Waals surface area contributed by atoms with Crippen molar-refractivity contribution in [3.8, 4) is 0 Å². The summed E-state index contributed by atoms with van der Waals surface area (Å²) < 4.78 is 5.50. The molecular formula is C8H9IN2O2. The van der Waals surface area contributed by atoms with E-state index in [0.717, 1.165) is 9.26 Å². The number of aromatic nitrogens is 1. The summed E-state index contributed by atoms with van der Waals surface area (Å²) in [6.45, 7) is 1.88. The third kappa shape index (κ3) is 2.83. The van der Waals surface area contributed by atoms with Crippen molar-refractivity contribution >= 4 is 34.5 Å². The van der Waals surface area contributed by atoms with Gasteiger partial charge in [0, 0.05) is 3.57 Å². The average Bonchev–Trinajstić information content (AvgIpc) is 2.11. The van der Waals surface area contributed by atoms with Crippen molar-refractivity contribution in [1.82, 2.24) is 4.98 Å². The Labute approximate surface area is 89.8 Å². The van der Waals surface area contributed by atoms with Crippen LogP contribution in [0.15, 0.2) is 12.1 Å². The second-order valence-corrected chi connectivity index (χ2v) is 3.54. The van der Waals surface area contributed by atoms with Gasteiger partial charge in [-0.2, -0.15) is 0 Å². The second-order valence-electron chi connectivity index (χ2n) is 2.38. The predicted octanol–water partition coefficient (Wildman–Crippen LogP) is 2.17. The van der Waals surface area contributed by atoms with Gasteiger partial charge in [0.2, 0.25) is 0 Å². The van der Waals surface area contributed by atoms with Crippen LogP contribution in [0, 0.1) is 10.5 Å². The van der Waals surface area contributed by atoms with Crippen molar-refractivity contribution in [2.24, 2.45) is 0 Å². The number of hydrogen-bond acceptors (Lipinski definition) is 3. The van der Waals surface area contributed by atoms with Crippen molar-refractivity contribution < 1.29 is 9.53 Å². The van der Waals surface area contributed by atoms with Crippen LogP contribution in [0.4, 0.5) is 10.6 Å².